The van der Waals surface area contributed by atoms with E-state index in [1.807, 2.05) is 12.3 Å². The molecule has 2 heterocycles. The van der Waals surface area contributed by atoms with Crippen LogP contribution in [0.25, 0.3) is 0 Å². The van der Waals surface area contributed by atoms with E-state index in [1.165, 1.54) is 11.1 Å². The van der Waals surface area contributed by atoms with Crippen LogP contribution in [0.4, 0.5) is 0 Å². The van der Waals surface area contributed by atoms with Crippen molar-refractivity contribution in [3.63, 3.8) is 0 Å². The molecule has 1 aliphatic heterocycles. The number of hydrogen-bond donors (Lipinski definition) is 0. The van der Waals surface area contributed by atoms with Crippen molar-refractivity contribution in [3.8, 4) is 5.75 Å². The van der Waals surface area contributed by atoms with Crippen LogP contribution < -0.4 is 4.74 Å². The zero-order chi connectivity index (χ0) is 16.4. The van der Waals surface area contributed by atoms with Crippen molar-refractivity contribution in [1.29, 1.82) is 0 Å². The van der Waals surface area contributed by atoms with Crippen LogP contribution >= 0.6 is 0 Å². The first-order valence-corrected chi connectivity index (χ1v) is 8.30. The summed E-state index contributed by atoms with van der Waals surface area (Å²) in [4.78, 5) is 11.3. The van der Waals surface area contributed by atoms with Crippen molar-refractivity contribution in [2.45, 2.75) is 46.3 Å². The quantitative estimate of drug-likeness (QED) is 0.847. The molecule has 0 atom stereocenters. The third kappa shape index (κ3) is 3.70. The van der Waals surface area contributed by atoms with Gasteiger partial charge in [-0.1, -0.05) is 32.0 Å². The highest BCUT2D eigenvalue weighted by molar-refractivity contribution is 5.40. The fraction of sp³-hybridized carbons (Fsp3) is 0.474. The molecule has 0 aliphatic carbocycles. The van der Waals surface area contributed by atoms with E-state index in [0.717, 1.165) is 36.9 Å². The Hall–Kier alpha value is -1.94. The number of aromatic nitrogens is 2. The number of nitrogens with zero attached hydrogens (tertiary/aromatic N) is 3. The Kier molecular flexibility index (Phi) is 4.62. The molecular weight excluding hydrogens is 286 g/mol. The summed E-state index contributed by atoms with van der Waals surface area (Å²) in [6.45, 7) is 11.2. The summed E-state index contributed by atoms with van der Waals surface area (Å²) in [5.41, 5.74) is 3.51. The predicted molar refractivity (Wildman–Crippen MR) is 91.7 cm³/mol. The van der Waals surface area contributed by atoms with Gasteiger partial charge in [0.25, 0.3) is 0 Å². The summed E-state index contributed by atoms with van der Waals surface area (Å²) >= 11 is 0. The Morgan fingerprint density at radius 1 is 1.17 bits per heavy atom. The van der Waals surface area contributed by atoms with Crippen LogP contribution in [0.15, 0.2) is 30.5 Å². The van der Waals surface area contributed by atoms with Crippen molar-refractivity contribution >= 4 is 0 Å². The highest BCUT2D eigenvalue weighted by atomic mass is 16.5. The maximum Gasteiger partial charge on any atom is 0.131 e. The van der Waals surface area contributed by atoms with E-state index < -0.39 is 0 Å². The van der Waals surface area contributed by atoms with E-state index >= 15 is 0 Å². The Morgan fingerprint density at radius 3 is 2.52 bits per heavy atom. The second-order valence-corrected chi connectivity index (χ2v) is 6.72. The van der Waals surface area contributed by atoms with Crippen LogP contribution in [0.3, 0.4) is 0 Å². The molecule has 0 radical (unpaired) electrons. The van der Waals surface area contributed by atoms with E-state index in [0.29, 0.717) is 5.92 Å². The number of likely N-dealkylation sites (tertiary alicyclic amines) is 1. The molecule has 0 spiro atoms. The van der Waals surface area contributed by atoms with E-state index in [4.69, 9.17) is 4.74 Å². The largest absolute Gasteiger partial charge is 0.487 e. The van der Waals surface area contributed by atoms with Crippen LogP contribution in [-0.4, -0.2) is 34.1 Å². The zero-order valence-corrected chi connectivity index (χ0v) is 14.4. The lowest BCUT2D eigenvalue weighted by Crippen LogP contribution is -2.53. The first-order chi connectivity index (χ1) is 11.0. The monoisotopic (exact) mass is 311 g/mol. The second-order valence-electron chi connectivity index (χ2n) is 6.72. The highest BCUT2D eigenvalue weighted by Gasteiger charge is 2.29. The zero-order valence-electron chi connectivity index (χ0n) is 14.4. The number of rotatable bonds is 5. The fourth-order valence-electron chi connectivity index (χ4n) is 2.89. The maximum atomic E-state index is 6.17. The maximum absolute atomic E-state index is 6.17. The summed E-state index contributed by atoms with van der Waals surface area (Å²) < 4.78 is 6.17. The Bertz CT molecular complexity index is 658. The van der Waals surface area contributed by atoms with Crippen molar-refractivity contribution < 1.29 is 4.74 Å². The standard InChI is InChI=1S/C19H25N3O/c1-13(2)19-20-9-8-16(21-19)10-22-11-17(12-22)23-18-14(3)6-5-7-15(18)4/h5-9,13,17H,10-12H2,1-4H3. The smallest absolute Gasteiger partial charge is 0.131 e. The summed E-state index contributed by atoms with van der Waals surface area (Å²) in [5.74, 6) is 2.33. The molecule has 1 saturated heterocycles. The molecular formula is C19H25N3O. The lowest BCUT2D eigenvalue weighted by atomic mass is 10.1. The normalized spacial score (nSPS) is 15.7. The molecule has 1 aromatic heterocycles. The second kappa shape index (κ2) is 6.67. The molecule has 1 fully saturated rings. The van der Waals surface area contributed by atoms with Gasteiger partial charge in [-0.05, 0) is 31.0 Å². The van der Waals surface area contributed by atoms with Crippen molar-refractivity contribution in [2.24, 2.45) is 0 Å². The first kappa shape index (κ1) is 15.9. The minimum atomic E-state index is 0.279. The highest BCUT2D eigenvalue weighted by Crippen LogP contribution is 2.26. The van der Waals surface area contributed by atoms with Gasteiger partial charge in [-0.15, -0.1) is 0 Å². The molecule has 0 unspecified atom stereocenters. The van der Waals surface area contributed by atoms with Crippen molar-refractivity contribution in [2.75, 3.05) is 13.1 Å². The van der Waals surface area contributed by atoms with Crippen molar-refractivity contribution in [3.05, 3.63) is 53.1 Å². The average Bonchev–Trinajstić information content (AvgIpc) is 2.48. The molecule has 0 amide bonds. The average molecular weight is 311 g/mol. The molecule has 23 heavy (non-hydrogen) atoms. The molecule has 0 bridgehead atoms. The number of aryl methyl sites for hydroxylation is 2. The van der Waals surface area contributed by atoms with Gasteiger partial charge in [0.05, 0.1) is 5.69 Å². The predicted octanol–water partition coefficient (Wildman–Crippen LogP) is 3.48. The number of benzene rings is 1. The first-order valence-electron chi connectivity index (χ1n) is 8.30. The van der Waals surface area contributed by atoms with Gasteiger partial charge in [0.15, 0.2) is 0 Å². The Labute approximate surface area is 138 Å². The number of para-hydroxylation sites is 1. The third-order valence-electron chi connectivity index (χ3n) is 4.25. The summed E-state index contributed by atoms with van der Waals surface area (Å²) in [6.07, 6.45) is 2.14. The number of hydrogen-bond acceptors (Lipinski definition) is 4. The van der Waals surface area contributed by atoms with Crippen molar-refractivity contribution in [1.82, 2.24) is 14.9 Å². The minimum Gasteiger partial charge on any atom is -0.487 e. The fourth-order valence-corrected chi connectivity index (χ4v) is 2.89. The lowest BCUT2D eigenvalue weighted by Gasteiger charge is -2.39. The summed E-state index contributed by atoms with van der Waals surface area (Å²) in [6, 6.07) is 8.29. The van der Waals surface area contributed by atoms with Gasteiger partial charge in [0.2, 0.25) is 0 Å². The van der Waals surface area contributed by atoms with Gasteiger partial charge in [-0.25, -0.2) is 9.97 Å². The molecule has 4 nitrogen and oxygen atoms in total. The Balaban J connectivity index is 1.54. The van der Waals surface area contributed by atoms with Gasteiger partial charge in [-0.2, -0.15) is 0 Å². The van der Waals surface area contributed by atoms with Gasteiger partial charge < -0.3 is 4.74 Å². The molecule has 1 aromatic carbocycles. The summed E-state index contributed by atoms with van der Waals surface area (Å²) in [7, 11) is 0. The van der Waals surface area contributed by atoms with E-state index in [9.17, 15) is 0 Å². The van der Waals surface area contributed by atoms with E-state index in [2.05, 4.69) is 60.8 Å². The molecule has 2 aromatic rings. The molecule has 3 rings (SSSR count). The minimum absolute atomic E-state index is 0.279. The number of ether oxygens (including phenoxy) is 1. The molecule has 122 valence electrons. The SMILES string of the molecule is Cc1cccc(C)c1OC1CN(Cc2ccnc(C(C)C)n2)C1. The topological polar surface area (TPSA) is 38.2 Å². The summed E-state index contributed by atoms with van der Waals surface area (Å²) in [5, 5.41) is 0. The van der Waals surface area contributed by atoms with Gasteiger partial charge in [0, 0.05) is 31.7 Å². The third-order valence-corrected chi connectivity index (χ3v) is 4.25. The van der Waals surface area contributed by atoms with E-state index in [-0.39, 0.29) is 6.10 Å². The van der Waals surface area contributed by atoms with Crippen LogP contribution in [-0.2, 0) is 6.54 Å². The molecule has 0 N–H and O–H groups in total. The molecule has 4 heteroatoms. The molecule has 0 saturated carbocycles. The Morgan fingerprint density at radius 2 is 1.87 bits per heavy atom. The molecule has 1 aliphatic rings. The van der Waals surface area contributed by atoms with Gasteiger partial charge in [0.1, 0.15) is 17.7 Å². The lowest BCUT2D eigenvalue weighted by molar-refractivity contribution is 0.0129. The van der Waals surface area contributed by atoms with Crippen LogP contribution in [0.5, 0.6) is 5.75 Å². The van der Waals surface area contributed by atoms with Crippen LogP contribution in [0.2, 0.25) is 0 Å². The van der Waals surface area contributed by atoms with Crippen LogP contribution in [0, 0.1) is 13.8 Å². The van der Waals surface area contributed by atoms with Gasteiger partial charge >= 0.3 is 0 Å². The van der Waals surface area contributed by atoms with Crippen LogP contribution in [0.1, 0.15) is 42.4 Å². The van der Waals surface area contributed by atoms with Gasteiger partial charge in [-0.3, -0.25) is 4.90 Å². The van der Waals surface area contributed by atoms with E-state index in [1.54, 1.807) is 0 Å².